The molecule has 0 spiro atoms. The van der Waals surface area contributed by atoms with Crippen LogP contribution in [0.5, 0.6) is 0 Å². The third kappa shape index (κ3) is 5.23. The molecule has 1 saturated heterocycles. The molecule has 0 aromatic heterocycles. The molecule has 1 aromatic rings. The van der Waals surface area contributed by atoms with Crippen LogP contribution in [0.2, 0.25) is 5.02 Å². The molecule has 4 nitrogen and oxygen atoms in total. The molecule has 0 unspecified atom stereocenters. The van der Waals surface area contributed by atoms with Gasteiger partial charge in [0.15, 0.2) is 0 Å². The predicted molar refractivity (Wildman–Crippen MR) is 84.8 cm³/mol. The molecule has 110 valence electrons. The number of carbonyl (C=O) groups excluding carboxylic acids is 1. The number of rotatable bonds is 5. The molecule has 0 aliphatic carbocycles. The van der Waals surface area contributed by atoms with Crippen LogP contribution in [-0.4, -0.2) is 36.8 Å². The lowest BCUT2D eigenvalue weighted by Gasteiger charge is -2.21. The van der Waals surface area contributed by atoms with Crippen molar-refractivity contribution >= 4 is 35.1 Å². The van der Waals surface area contributed by atoms with Gasteiger partial charge in [0.05, 0.1) is 10.7 Å². The van der Waals surface area contributed by atoms with Crippen LogP contribution in [0.25, 0.3) is 0 Å². The number of anilines is 1. The molecular weight excluding hydrogens is 296 g/mol. The van der Waals surface area contributed by atoms with Crippen molar-refractivity contribution in [3.05, 3.63) is 29.3 Å². The predicted octanol–water partition coefficient (Wildman–Crippen LogP) is 3.37. The maximum absolute atomic E-state index is 11.7. The Morgan fingerprint density at radius 2 is 2.10 bits per heavy atom. The Morgan fingerprint density at radius 1 is 1.35 bits per heavy atom. The molecule has 0 radical (unpaired) electrons. The van der Waals surface area contributed by atoms with Crippen molar-refractivity contribution in [1.29, 1.82) is 0 Å². The summed E-state index contributed by atoms with van der Waals surface area (Å²) in [6.07, 6.45) is 2.22. The van der Waals surface area contributed by atoms with Gasteiger partial charge in [-0.05, 0) is 25.0 Å². The Bertz CT molecular complexity index is 439. The summed E-state index contributed by atoms with van der Waals surface area (Å²) < 4.78 is 5.32. The number of thioether (sulfide) groups is 1. The molecule has 2 N–H and O–H groups in total. The van der Waals surface area contributed by atoms with Gasteiger partial charge in [0.2, 0.25) is 0 Å². The molecule has 1 fully saturated rings. The molecular formula is C14H19ClN2O2S. The van der Waals surface area contributed by atoms with Crippen molar-refractivity contribution in [3.8, 4) is 0 Å². The molecule has 20 heavy (non-hydrogen) atoms. The zero-order valence-electron chi connectivity index (χ0n) is 11.2. The SMILES string of the molecule is O=C(NCCSC1CCOCC1)Nc1ccccc1Cl. The van der Waals surface area contributed by atoms with Gasteiger partial charge >= 0.3 is 6.03 Å². The highest BCUT2D eigenvalue weighted by Crippen LogP contribution is 2.21. The van der Waals surface area contributed by atoms with E-state index in [9.17, 15) is 4.79 Å². The van der Waals surface area contributed by atoms with E-state index in [-0.39, 0.29) is 6.03 Å². The number of hydrogen-bond donors (Lipinski definition) is 2. The fourth-order valence-corrected chi connectivity index (χ4v) is 3.22. The van der Waals surface area contributed by atoms with Crippen LogP contribution in [-0.2, 0) is 4.74 Å². The largest absolute Gasteiger partial charge is 0.381 e. The summed E-state index contributed by atoms with van der Waals surface area (Å²) in [5.74, 6) is 0.917. The third-order valence-electron chi connectivity index (χ3n) is 3.03. The Hall–Kier alpha value is -0.910. The standard InChI is InChI=1S/C14H19ClN2O2S/c15-12-3-1-2-4-13(12)17-14(18)16-7-10-20-11-5-8-19-9-6-11/h1-4,11H,5-10H2,(H2,16,17,18). The Balaban J connectivity index is 1.61. The second kappa shape index (κ2) is 8.39. The minimum atomic E-state index is -0.217. The second-order valence-corrected chi connectivity index (χ2v) is 6.36. The fourth-order valence-electron chi connectivity index (χ4n) is 1.96. The quantitative estimate of drug-likeness (QED) is 0.819. The molecule has 1 heterocycles. The lowest BCUT2D eigenvalue weighted by atomic mass is 10.2. The summed E-state index contributed by atoms with van der Waals surface area (Å²) in [7, 11) is 0. The van der Waals surface area contributed by atoms with E-state index >= 15 is 0 Å². The van der Waals surface area contributed by atoms with Crippen molar-refractivity contribution in [2.45, 2.75) is 18.1 Å². The van der Waals surface area contributed by atoms with E-state index in [0.717, 1.165) is 31.8 Å². The molecule has 0 bridgehead atoms. The highest BCUT2D eigenvalue weighted by atomic mass is 35.5. The van der Waals surface area contributed by atoms with Crippen molar-refractivity contribution in [2.24, 2.45) is 0 Å². The van der Waals surface area contributed by atoms with Gasteiger partial charge in [-0.3, -0.25) is 0 Å². The maximum Gasteiger partial charge on any atom is 0.319 e. The highest BCUT2D eigenvalue weighted by molar-refractivity contribution is 7.99. The highest BCUT2D eigenvalue weighted by Gasteiger charge is 2.13. The van der Waals surface area contributed by atoms with Crippen molar-refractivity contribution in [2.75, 3.05) is 30.8 Å². The number of ether oxygens (including phenoxy) is 1. The van der Waals surface area contributed by atoms with E-state index in [1.165, 1.54) is 0 Å². The summed E-state index contributed by atoms with van der Waals surface area (Å²) in [4.78, 5) is 11.7. The first-order valence-corrected chi connectivity index (χ1v) is 8.17. The van der Waals surface area contributed by atoms with Gasteiger partial charge in [-0.1, -0.05) is 23.7 Å². The lowest BCUT2D eigenvalue weighted by molar-refractivity contribution is 0.100. The van der Waals surface area contributed by atoms with Gasteiger partial charge in [0.1, 0.15) is 0 Å². The van der Waals surface area contributed by atoms with Gasteiger partial charge in [0, 0.05) is 30.8 Å². The minimum Gasteiger partial charge on any atom is -0.381 e. The van der Waals surface area contributed by atoms with Crippen LogP contribution in [0, 0.1) is 0 Å². The topological polar surface area (TPSA) is 50.4 Å². The summed E-state index contributed by atoms with van der Waals surface area (Å²) >= 11 is 7.87. The van der Waals surface area contributed by atoms with Gasteiger partial charge in [-0.2, -0.15) is 11.8 Å². The van der Waals surface area contributed by atoms with Crippen LogP contribution < -0.4 is 10.6 Å². The van der Waals surface area contributed by atoms with Gasteiger partial charge in [0.25, 0.3) is 0 Å². The summed E-state index contributed by atoms with van der Waals surface area (Å²) in [5.41, 5.74) is 0.628. The first kappa shape index (κ1) is 15.5. The molecule has 0 saturated carbocycles. The van der Waals surface area contributed by atoms with E-state index in [2.05, 4.69) is 10.6 Å². The minimum absolute atomic E-state index is 0.217. The smallest absolute Gasteiger partial charge is 0.319 e. The van der Waals surface area contributed by atoms with Crippen LogP contribution in [0.3, 0.4) is 0 Å². The maximum atomic E-state index is 11.7. The molecule has 1 aliphatic heterocycles. The summed E-state index contributed by atoms with van der Waals surface area (Å²) in [6, 6.07) is 6.97. The Morgan fingerprint density at radius 3 is 2.85 bits per heavy atom. The second-order valence-electron chi connectivity index (χ2n) is 4.54. The lowest BCUT2D eigenvalue weighted by Crippen LogP contribution is -2.31. The number of urea groups is 1. The average Bonchev–Trinajstić information content (AvgIpc) is 2.47. The summed E-state index contributed by atoms with van der Waals surface area (Å²) in [5, 5.41) is 6.78. The van der Waals surface area contributed by atoms with Crippen LogP contribution in [0.4, 0.5) is 10.5 Å². The number of amides is 2. The van der Waals surface area contributed by atoms with Gasteiger partial charge in [-0.25, -0.2) is 4.79 Å². The monoisotopic (exact) mass is 314 g/mol. The Kier molecular flexibility index (Phi) is 6.50. The third-order valence-corrected chi connectivity index (χ3v) is 4.74. The van der Waals surface area contributed by atoms with Crippen LogP contribution >= 0.6 is 23.4 Å². The van der Waals surface area contributed by atoms with Gasteiger partial charge < -0.3 is 15.4 Å². The van der Waals surface area contributed by atoms with Crippen molar-refractivity contribution in [1.82, 2.24) is 5.32 Å². The number of para-hydroxylation sites is 1. The van der Waals surface area contributed by atoms with E-state index < -0.39 is 0 Å². The zero-order valence-corrected chi connectivity index (χ0v) is 12.8. The van der Waals surface area contributed by atoms with E-state index in [4.69, 9.17) is 16.3 Å². The number of halogens is 1. The molecule has 0 atom stereocenters. The number of benzene rings is 1. The average molecular weight is 315 g/mol. The molecule has 6 heteroatoms. The normalized spacial score (nSPS) is 15.8. The first-order chi connectivity index (χ1) is 9.75. The number of carbonyl (C=O) groups is 1. The van der Waals surface area contributed by atoms with E-state index in [1.54, 1.807) is 12.1 Å². The summed E-state index contributed by atoms with van der Waals surface area (Å²) in [6.45, 7) is 2.37. The molecule has 1 aliphatic rings. The Labute approximate surface area is 128 Å². The van der Waals surface area contributed by atoms with Gasteiger partial charge in [-0.15, -0.1) is 0 Å². The zero-order chi connectivity index (χ0) is 14.2. The molecule has 1 aromatic carbocycles. The number of nitrogens with one attached hydrogen (secondary N) is 2. The molecule has 2 amide bonds. The van der Waals surface area contributed by atoms with E-state index in [1.807, 2.05) is 23.9 Å². The van der Waals surface area contributed by atoms with Crippen LogP contribution in [0.1, 0.15) is 12.8 Å². The number of hydrogen-bond acceptors (Lipinski definition) is 3. The van der Waals surface area contributed by atoms with Crippen LogP contribution in [0.15, 0.2) is 24.3 Å². The van der Waals surface area contributed by atoms with E-state index in [0.29, 0.717) is 22.5 Å². The fraction of sp³-hybridized carbons (Fsp3) is 0.500. The first-order valence-electron chi connectivity index (χ1n) is 6.74. The molecule has 2 rings (SSSR count). The van der Waals surface area contributed by atoms with Crippen molar-refractivity contribution < 1.29 is 9.53 Å². The van der Waals surface area contributed by atoms with Crippen molar-refractivity contribution in [3.63, 3.8) is 0 Å².